The number of methoxy groups -OCH3 is 1. The number of rotatable bonds is 7. The zero-order chi connectivity index (χ0) is 24.2. The van der Waals surface area contributed by atoms with E-state index in [-0.39, 0.29) is 0 Å². The molecular formula is C27H27N7O. The van der Waals surface area contributed by atoms with Crippen molar-refractivity contribution in [2.24, 2.45) is 0 Å². The van der Waals surface area contributed by atoms with Crippen molar-refractivity contribution in [1.29, 1.82) is 5.26 Å². The Hall–Kier alpha value is -4.22. The smallest absolute Gasteiger partial charge is 0.227 e. The molecule has 5 rings (SSSR count). The summed E-state index contributed by atoms with van der Waals surface area (Å²) in [6, 6.07) is 18.5. The number of hydrogen-bond acceptors (Lipinski definition) is 7. The Morgan fingerprint density at radius 1 is 1.14 bits per heavy atom. The molecule has 1 aliphatic rings. The first-order chi connectivity index (χ1) is 17.1. The molecule has 0 aliphatic carbocycles. The highest BCUT2D eigenvalue weighted by Gasteiger charge is 2.22. The van der Waals surface area contributed by atoms with Gasteiger partial charge in [0.1, 0.15) is 5.75 Å². The molecule has 1 aliphatic heterocycles. The molecule has 0 spiro atoms. The Labute approximate surface area is 204 Å². The summed E-state index contributed by atoms with van der Waals surface area (Å²) in [6.07, 6.45) is 5.24. The Bertz CT molecular complexity index is 1370. The molecule has 0 bridgehead atoms. The molecule has 1 N–H and O–H groups in total. The number of imidazole rings is 1. The van der Waals surface area contributed by atoms with Gasteiger partial charge in [0.05, 0.1) is 48.8 Å². The second-order valence-electron chi connectivity index (χ2n) is 8.63. The van der Waals surface area contributed by atoms with Crippen molar-refractivity contribution in [2.75, 3.05) is 25.5 Å². The highest BCUT2D eigenvalue weighted by atomic mass is 16.5. The van der Waals surface area contributed by atoms with E-state index in [9.17, 15) is 0 Å². The lowest BCUT2D eigenvalue weighted by Crippen LogP contribution is -2.32. The fourth-order valence-corrected chi connectivity index (χ4v) is 4.42. The lowest BCUT2D eigenvalue weighted by molar-refractivity contribution is 0.280. The van der Waals surface area contributed by atoms with Crippen molar-refractivity contribution in [3.8, 4) is 17.5 Å². The average Bonchev–Trinajstić information content (AvgIpc) is 3.31. The minimum atomic E-state index is 0.410. The summed E-state index contributed by atoms with van der Waals surface area (Å²) in [5.74, 6) is 1.29. The Balaban J connectivity index is 1.47. The molecule has 35 heavy (non-hydrogen) atoms. The molecular weight excluding hydrogens is 438 g/mol. The second-order valence-corrected chi connectivity index (χ2v) is 8.63. The van der Waals surface area contributed by atoms with Crippen LogP contribution in [0.25, 0.3) is 5.69 Å². The zero-order valence-electron chi connectivity index (χ0n) is 19.9. The molecule has 0 fully saturated rings. The van der Waals surface area contributed by atoms with E-state index in [4.69, 9.17) is 20.0 Å². The highest BCUT2D eigenvalue weighted by Crippen LogP contribution is 2.29. The zero-order valence-corrected chi connectivity index (χ0v) is 19.9. The number of aryl methyl sites for hydroxylation is 1. The molecule has 0 saturated carbocycles. The van der Waals surface area contributed by atoms with Gasteiger partial charge in [0, 0.05) is 49.4 Å². The van der Waals surface area contributed by atoms with E-state index in [0.29, 0.717) is 25.5 Å². The van der Waals surface area contributed by atoms with Gasteiger partial charge < -0.3 is 14.6 Å². The van der Waals surface area contributed by atoms with Crippen molar-refractivity contribution >= 4 is 11.6 Å². The van der Waals surface area contributed by atoms with Crippen LogP contribution in [0.4, 0.5) is 11.6 Å². The van der Waals surface area contributed by atoms with Gasteiger partial charge in [0.25, 0.3) is 0 Å². The van der Waals surface area contributed by atoms with Crippen LogP contribution in [0.2, 0.25) is 0 Å². The molecule has 0 saturated heterocycles. The van der Waals surface area contributed by atoms with Gasteiger partial charge in [0.2, 0.25) is 5.95 Å². The first-order valence-corrected chi connectivity index (χ1v) is 11.6. The summed E-state index contributed by atoms with van der Waals surface area (Å²) in [4.78, 5) is 16.2. The molecule has 4 aromatic rings. The summed E-state index contributed by atoms with van der Waals surface area (Å²) in [6.45, 7) is 3.87. The monoisotopic (exact) mass is 465 g/mol. The summed E-state index contributed by atoms with van der Waals surface area (Å²) < 4.78 is 7.60. The summed E-state index contributed by atoms with van der Waals surface area (Å²) in [5, 5.41) is 12.5. The maximum absolute atomic E-state index is 9.17. The van der Waals surface area contributed by atoms with Crippen molar-refractivity contribution in [3.05, 3.63) is 89.3 Å². The number of anilines is 2. The van der Waals surface area contributed by atoms with Gasteiger partial charge in [-0.25, -0.2) is 15.0 Å². The lowest BCUT2D eigenvalue weighted by Gasteiger charge is -2.28. The van der Waals surface area contributed by atoms with Crippen LogP contribution < -0.4 is 10.1 Å². The molecule has 0 unspecified atom stereocenters. The molecule has 8 heteroatoms. The van der Waals surface area contributed by atoms with Crippen LogP contribution in [-0.2, 0) is 19.4 Å². The fraction of sp³-hybridized carbons (Fsp3) is 0.259. The van der Waals surface area contributed by atoms with E-state index < -0.39 is 0 Å². The number of fused-ring (bicyclic) bond motifs is 1. The molecule has 176 valence electrons. The van der Waals surface area contributed by atoms with Crippen LogP contribution in [0, 0.1) is 18.3 Å². The molecule has 0 amide bonds. The first-order valence-electron chi connectivity index (χ1n) is 11.6. The molecule has 2 aromatic heterocycles. The van der Waals surface area contributed by atoms with Crippen molar-refractivity contribution in [2.45, 2.75) is 26.3 Å². The van der Waals surface area contributed by atoms with Gasteiger partial charge in [-0.15, -0.1) is 0 Å². The third-order valence-electron chi connectivity index (χ3n) is 6.16. The van der Waals surface area contributed by atoms with Crippen LogP contribution in [0.3, 0.4) is 0 Å². The van der Waals surface area contributed by atoms with E-state index in [1.165, 1.54) is 5.56 Å². The summed E-state index contributed by atoms with van der Waals surface area (Å²) in [7, 11) is 1.66. The SMILES string of the molecule is COc1cc(Nc2nc3c(c(Cc4ccccc4)n2)CN(CC#N)CC3)ccc1-n1cnc(C)c1. The number of hydrogen-bond donors (Lipinski definition) is 1. The molecule has 3 heterocycles. The van der Waals surface area contributed by atoms with Crippen LogP contribution >= 0.6 is 0 Å². The average molecular weight is 466 g/mol. The van der Waals surface area contributed by atoms with Crippen LogP contribution in [0.15, 0.2) is 61.1 Å². The number of nitrogens with zero attached hydrogens (tertiary/aromatic N) is 6. The standard InChI is InChI=1S/C27H27N7O/c1-19-16-34(18-29-19)25-9-8-21(15-26(25)35-2)30-27-31-23-10-12-33(13-11-28)17-22(23)24(32-27)14-20-6-4-3-5-7-20/h3-9,15-16,18H,10,12-14,17H2,1-2H3,(H,30,31,32). The Kier molecular flexibility index (Phi) is 6.42. The van der Waals surface area contributed by atoms with Gasteiger partial charge in [-0.1, -0.05) is 30.3 Å². The topological polar surface area (TPSA) is 91.9 Å². The molecule has 0 atom stereocenters. The Morgan fingerprint density at radius 3 is 2.74 bits per heavy atom. The van der Waals surface area contributed by atoms with Gasteiger partial charge in [-0.05, 0) is 24.6 Å². The number of ether oxygens (including phenoxy) is 1. The van der Waals surface area contributed by atoms with Gasteiger partial charge in [-0.3, -0.25) is 4.90 Å². The number of nitrogens with one attached hydrogen (secondary N) is 1. The van der Waals surface area contributed by atoms with E-state index in [2.05, 4.69) is 33.4 Å². The third-order valence-corrected chi connectivity index (χ3v) is 6.16. The minimum Gasteiger partial charge on any atom is -0.494 e. The van der Waals surface area contributed by atoms with E-state index in [1.807, 2.05) is 54.1 Å². The number of nitriles is 1. The van der Waals surface area contributed by atoms with E-state index in [1.54, 1.807) is 13.4 Å². The first kappa shape index (κ1) is 22.6. The molecule has 8 nitrogen and oxygen atoms in total. The maximum Gasteiger partial charge on any atom is 0.227 e. The predicted molar refractivity (Wildman–Crippen MR) is 134 cm³/mol. The van der Waals surface area contributed by atoms with Crippen LogP contribution in [0.5, 0.6) is 5.75 Å². The van der Waals surface area contributed by atoms with Crippen LogP contribution in [0.1, 0.15) is 28.2 Å². The molecule has 0 radical (unpaired) electrons. The summed E-state index contributed by atoms with van der Waals surface area (Å²) >= 11 is 0. The van der Waals surface area contributed by atoms with Gasteiger partial charge in [0.15, 0.2) is 0 Å². The van der Waals surface area contributed by atoms with Crippen molar-refractivity contribution in [1.82, 2.24) is 24.4 Å². The fourth-order valence-electron chi connectivity index (χ4n) is 4.42. The second kappa shape index (κ2) is 9.95. The van der Waals surface area contributed by atoms with E-state index >= 15 is 0 Å². The highest BCUT2D eigenvalue weighted by molar-refractivity contribution is 5.62. The minimum absolute atomic E-state index is 0.410. The predicted octanol–water partition coefficient (Wildman–Crippen LogP) is 4.20. The Morgan fingerprint density at radius 2 is 2.00 bits per heavy atom. The number of aromatic nitrogens is 4. The molecule has 2 aromatic carbocycles. The largest absolute Gasteiger partial charge is 0.494 e. The van der Waals surface area contributed by atoms with Crippen molar-refractivity contribution in [3.63, 3.8) is 0 Å². The van der Waals surface area contributed by atoms with E-state index in [0.717, 1.165) is 52.7 Å². The van der Waals surface area contributed by atoms with Crippen molar-refractivity contribution < 1.29 is 4.74 Å². The number of benzene rings is 2. The van der Waals surface area contributed by atoms with Crippen LogP contribution in [-0.4, -0.2) is 44.6 Å². The quantitative estimate of drug-likeness (QED) is 0.409. The van der Waals surface area contributed by atoms with Gasteiger partial charge >= 0.3 is 0 Å². The third kappa shape index (κ3) is 5.00. The van der Waals surface area contributed by atoms with Gasteiger partial charge in [-0.2, -0.15) is 5.26 Å². The summed E-state index contributed by atoms with van der Waals surface area (Å²) in [5.41, 5.74) is 7.05. The lowest BCUT2D eigenvalue weighted by atomic mass is 9.99. The maximum atomic E-state index is 9.17. The normalized spacial score (nSPS) is 13.2.